The molecule has 22 heavy (non-hydrogen) atoms. The van der Waals surface area contributed by atoms with Crippen LogP contribution in [-0.2, 0) is 0 Å². The van der Waals surface area contributed by atoms with E-state index in [-0.39, 0.29) is 10.6 Å². The van der Waals surface area contributed by atoms with Crippen LogP contribution in [0.1, 0.15) is 57.8 Å². The van der Waals surface area contributed by atoms with Crippen LogP contribution in [0.2, 0.25) is 0 Å². The molecule has 124 valence electrons. The molecule has 0 amide bonds. The first kappa shape index (κ1) is 19.5. The van der Waals surface area contributed by atoms with E-state index in [1.807, 2.05) is 12.1 Å². The molecule has 0 saturated carbocycles. The summed E-state index contributed by atoms with van der Waals surface area (Å²) in [6, 6.07) is 6.85. The van der Waals surface area contributed by atoms with Crippen LogP contribution < -0.4 is 0 Å². The molecule has 0 N–H and O–H groups in total. The van der Waals surface area contributed by atoms with Gasteiger partial charge >= 0.3 is 0 Å². The summed E-state index contributed by atoms with van der Waals surface area (Å²) in [5, 5.41) is 11.7. The predicted octanol–water partition coefficient (Wildman–Crippen LogP) is 6.59. The van der Waals surface area contributed by atoms with Crippen molar-refractivity contribution in [3.05, 3.63) is 34.4 Å². The summed E-state index contributed by atoms with van der Waals surface area (Å²) in [7, 11) is 0. The molecule has 0 bridgehead atoms. The Hall–Kier alpha value is -0.550. The largest absolute Gasteiger partial charge is 0.269 e. The number of non-ortho nitro benzene ring substituents is 1. The van der Waals surface area contributed by atoms with E-state index in [4.69, 9.17) is 0 Å². The molecular weight excluding hydrogens is 362 g/mol. The highest BCUT2D eigenvalue weighted by Crippen LogP contribution is 2.22. The third-order valence-corrected chi connectivity index (χ3v) is 5.25. The van der Waals surface area contributed by atoms with Gasteiger partial charge in [-0.25, -0.2) is 0 Å². The third-order valence-electron chi connectivity index (χ3n) is 3.59. The fraction of sp³-hybridized carbons (Fsp3) is 0.647. The monoisotopic (exact) mass is 387 g/mol. The molecule has 0 fully saturated rings. The lowest BCUT2D eigenvalue weighted by Gasteiger charge is -2.03. The van der Waals surface area contributed by atoms with Crippen molar-refractivity contribution in [3.63, 3.8) is 0 Å². The lowest BCUT2D eigenvalue weighted by molar-refractivity contribution is -0.384. The summed E-state index contributed by atoms with van der Waals surface area (Å²) in [4.78, 5) is 11.3. The smallest absolute Gasteiger partial charge is 0.258 e. The second-order valence-corrected chi connectivity index (χ2v) is 7.43. The molecule has 0 radical (unpaired) electrons. The number of rotatable bonds is 13. The molecule has 0 aromatic heterocycles. The van der Waals surface area contributed by atoms with E-state index in [1.165, 1.54) is 57.8 Å². The minimum atomic E-state index is -0.353. The zero-order chi connectivity index (χ0) is 16.0. The standard InChI is InChI=1S/C17H26BrNO2S/c18-14-8-6-4-2-1-3-5-7-9-15-22-17-12-10-16(11-13-17)19(20)21/h10-13H,1-9,14-15H2. The SMILES string of the molecule is O=[N+]([O-])c1ccc(SCCCCCCCCCCCBr)cc1. The van der Waals surface area contributed by atoms with E-state index in [2.05, 4.69) is 15.9 Å². The van der Waals surface area contributed by atoms with Gasteiger partial charge in [0.05, 0.1) is 4.92 Å². The van der Waals surface area contributed by atoms with E-state index in [1.54, 1.807) is 23.9 Å². The van der Waals surface area contributed by atoms with Crippen molar-refractivity contribution in [2.75, 3.05) is 11.1 Å². The van der Waals surface area contributed by atoms with Gasteiger partial charge in [-0.05, 0) is 30.7 Å². The molecule has 5 heteroatoms. The first-order valence-electron chi connectivity index (χ1n) is 8.17. The number of unbranched alkanes of at least 4 members (excludes halogenated alkanes) is 8. The number of halogens is 1. The Morgan fingerprint density at radius 2 is 1.36 bits per heavy atom. The molecule has 0 saturated heterocycles. The van der Waals surface area contributed by atoms with Crippen molar-refractivity contribution in [3.8, 4) is 0 Å². The quantitative estimate of drug-likeness (QED) is 0.126. The number of alkyl halides is 1. The Kier molecular flexibility index (Phi) is 11.5. The normalized spacial score (nSPS) is 10.8. The van der Waals surface area contributed by atoms with Crippen molar-refractivity contribution >= 4 is 33.4 Å². The Balaban J connectivity index is 1.94. The highest BCUT2D eigenvalue weighted by molar-refractivity contribution is 9.09. The minimum absolute atomic E-state index is 0.167. The van der Waals surface area contributed by atoms with E-state index < -0.39 is 0 Å². The van der Waals surface area contributed by atoms with Crippen molar-refractivity contribution < 1.29 is 4.92 Å². The summed E-state index contributed by atoms with van der Waals surface area (Å²) in [6.07, 6.45) is 12.0. The molecule has 0 aliphatic rings. The maximum absolute atomic E-state index is 10.6. The van der Waals surface area contributed by atoms with Crippen molar-refractivity contribution in [1.29, 1.82) is 0 Å². The summed E-state index contributed by atoms with van der Waals surface area (Å²) in [5.74, 6) is 1.10. The second kappa shape index (κ2) is 12.9. The number of benzene rings is 1. The molecule has 1 rings (SSSR count). The highest BCUT2D eigenvalue weighted by Gasteiger charge is 2.03. The van der Waals surface area contributed by atoms with Gasteiger partial charge in [-0.3, -0.25) is 10.1 Å². The molecule has 1 aromatic rings. The van der Waals surface area contributed by atoms with E-state index in [0.717, 1.165) is 16.0 Å². The number of thioether (sulfide) groups is 1. The van der Waals surface area contributed by atoms with Gasteiger partial charge in [0, 0.05) is 22.4 Å². The lowest BCUT2D eigenvalue weighted by Crippen LogP contribution is -1.87. The number of nitro groups is 1. The Morgan fingerprint density at radius 1 is 0.864 bits per heavy atom. The van der Waals surface area contributed by atoms with Crippen LogP contribution in [0.5, 0.6) is 0 Å². The summed E-state index contributed by atoms with van der Waals surface area (Å²) in [5.41, 5.74) is 0.167. The van der Waals surface area contributed by atoms with Gasteiger partial charge in [0.1, 0.15) is 0 Å². The first-order valence-corrected chi connectivity index (χ1v) is 10.3. The van der Waals surface area contributed by atoms with Gasteiger partial charge in [-0.1, -0.05) is 60.9 Å². The lowest BCUT2D eigenvalue weighted by atomic mass is 10.1. The van der Waals surface area contributed by atoms with E-state index in [0.29, 0.717) is 0 Å². The molecule has 0 atom stereocenters. The van der Waals surface area contributed by atoms with Gasteiger partial charge in [0.15, 0.2) is 0 Å². The molecule has 0 spiro atoms. The molecule has 0 aliphatic heterocycles. The Bertz CT molecular complexity index is 412. The van der Waals surface area contributed by atoms with Crippen LogP contribution >= 0.6 is 27.7 Å². The predicted molar refractivity (Wildman–Crippen MR) is 99.2 cm³/mol. The minimum Gasteiger partial charge on any atom is -0.258 e. The van der Waals surface area contributed by atoms with Crippen LogP contribution in [0.3, 0.4) is 0 Å². The van der Waals surface area contributed by atoms with E-state index in [9.17, 15) is 10.1 Å². The average molecular weight is 388 g/mol. The maximum atomic E-state index is 10.6. The van der Waals surface area contributed by atoms with Gasteiger partial charge in [0.2, 0.25) is 0 Å². The van der Waals surface area contributed by atoms with Crippen LogP contribution in [0.4, 0.5) is 5.69 Å². The Morgan fingerprint density at radius 3 is 1.86 bits per heavy atom. The molecule has 1 aromatic carbocycles. The number of nitro benzene ring substituents is 1. The van der Waals surface area contributed by atoms with Crippen molar-refractivity contribution in [2.24, 2.45) is 0 Å². The fourth-order valence-corrected chi connectivity index (χ4v) is 3.60. The molecule has 0 heterocycles. The van der Waals surface area contributed by atoms with E-state index >= 15 is 0 Å². The van der Waals surface area contributed by atoms with Crippen molar-refractivity contribution in [2.45, 2.75) is 62.7 Å². The van der Waals surface area contributed by atoms with Crippen molar-refractivity contribution in [1.82, 2.24) is 0 Å². The fourth-order valence-electron chi connectivity index (χ4n) is 2.29. The molecule has 0 unspecified atom stereocenters. The van der Waals surface area contributed by atoms with Gasteiger partial charge in [-0.2, -0.15) is 0 Å². The molecular formula is C17H26BrNO2S. The topological polar surface area (TPSA) is 43.1 Å². The highest BCUT2D eigenvalue weighted by atomic mass is 79.9. The third kappa shape index (κ3) is 9.46. The number of hydrogen-bond acceptors (Lipinski definition) is 3. The second-order valence-electron chi connectivity index (χ2n) is 5.47. The van der Waals surface area contributed by atoms with Crippen LogP contribution in [0.25, 0.3) is 0 Å². The van der Waals surface area contributed by atoms with Gasteiger partial charge < -0.3 is 0 Å². The zero-order valence-electron chi connectivity index (χ0n) is 13.1. The maximum Gasteiger partial charge on any atom is 0.269 e. The van der Waals surface area contributed by atoms with Crippen LogP contribution in [0, 0.1) is 10.1 Å². The van der Waals surface area contributed by atoms with Crippen LogP contribution in [0.15, 0.2) is 29.2 Å². The van der Waals surface area contributed by atoms with Crippen LogP contribution in [-0.4, -0.2) is 16.0 Å². The zero-order valence-corrected chi connectivity index (χ0v) is 15.5. The Labute approximate surface area is 146 Å². The van der Waals surface area contributed by atoms with Gasteiger partial charge in [-0.15, -0.1) is 11.8 Å². The molecule has 3 nitrogen and oxygen atoms in total. The summed E-state index contributed by atoms with van der Waals surface area (Å²) >= 11 is 5.25. The molecule has 0 aliphatic carbocycles. The summed E-state index contributed by atoms with van der Waals surface area (Å²) < 4.78 is 0. The summed E-state index contributed by atoms with van der Waals surface area (Å²) in [6.45, 7) is 0. The average Bonchev–Trinajstić information content (AvgIpc) is 2.53. The van der Waals surface area contributed by atoms with Gasteiger partial charge in [0.25, 0.3) is 5.69 Å². The first-order chi connectivity index (χ1) is 10.7. The number of nitrogens with zero attached hydrogens (tertiary/aromatic N) is 1. The number of hydrogen-bond donors (Lipinski definition) is 0.